The smallest absolute Gasteiger partial charge is 0.116 e. The number of phenolic OH excluding ortho intramolecular Hbond substituents is 1. The number of aromatic hydroxyl groups is 1. The molecule has 0 amide bonds. The van der Waals surface area contributed by atoms with Gasteiger partial charge in [-0.25, -0.2) is 0 Å². The van der Waals surface area contributed by atoms with Crippen LogP contribution < -0.4 is 0 Å². The van der Waals surface area contributed by atoms with Gasteiger partial charge in [-0.3, -0.25) is 0 Å². The Morgan fingerprint density at radius 1 is 0.541 bits per heavy atom. The van der Waals surface area contributed by atoms with Crippen LogP contribution in [0.2, 0.25) is 0 Å². The number of rotatable bonds is 7. The van der Waals surface area contributed by atoms with Gasteiger partial charge in [0.2, 0.25) is 0 Å². The average molecular weight is 499 g/mol. The molecule has 0 heterocycles. The molecule has 0 saturated carbocycles. The zero-order valence-electron chi connectivity index (χ0n) is 23.6. The van der Waals surface area contributed by atoms with E-state index >= 15 is 0 Å². The van der Waals surface area contributed by atoms with E-state index in [0.29, 0.717) is 23.5 Å². The Hall–Kier alpha value is -3.10. The average Bonchev–Trinajstić information content (AvgIpc) is 2.96. The van der Waals surface area contributed by atoms with Gasteiger partial charge in [-0.15, -0.1) is 0 Å². The molecule has 2 nitrogen and oxygen atoms in total. The summed E-state index contributed by atoms with van der Waals surface area (Å²) < 4.78 is 0. The molecule has 0 radical (unpaired) electrons. The number of phenols is 1. The predicted molar refractivity (Wildman–Crippen MR) is 161 cm³/mol. The first-order valence-electron chi connectivity index (χ1n) is 13.8. The molecule has 3 atom stereocenters. The van der Waals surface area contributed by atoms with Crippen LogP contribution in [0.3, 0.4) is 0 Å². The Morgan fingerprint density at radius 3 is 1.54 bits per heavy atom. The Kier molecular flexibility index (Phi) is 12.9. The fourth-order valence-corrected chi connectivity index (χ4v) is 4.00. The van der Waals surface area contributed by atoms with Gasteiger partial charge in [0.15, 0.2) is 0 Å². The summed E-state index contributed by atoms with van der Waals surface area (Å²) in [6, 6.07) is 30.8. The molecule has 4 aromatic carbocycles. The van der Waals surface area contributed by atoms with Gasteiger partial charge in [-0.2, -0.15) is 0 Å². The molecule has 2 heteroatoms. The number of hydrogen-bond acceptors (Lipinski definition) is 2. The Balaban J connectivity index is 0.000000200. The van der Waals surface area contributed by atoms with Crippen molar-refractivity contribution in [1.29, 1.82) is 0 Å². The maximum Gasteiger partial charge on any atom is 0.116 e. The summed E-state index contributed by atoms with van der Waals surface area (Å²) >= 11 is 0. The van der Waals surface area contributed by atoms with Crippen LogP contribution in [0.25, 0.3) is 10.8 Å². The fourth-order valence-electron chi connectivity index (χ4n) is 4.00. The molecule has 0 bridgehead atoms. The summed E-state index contributed by atoms with van der Waals surface area (Å²) in [5.41, 5.74) is 5.16. The van der Waals surface area contributed by atoms with Crippen molar-refractivity contribution in [1.82, 2.24) is 0 Å². The van der Waals surface area contributed by atoms with Gasteiger partial charge < -0.3 is 10.2 Å². The highest BCUT2D eigenvalue weighted by molar-refractivity contribution is 5.84. The van der Waals surface area contributed by atoms with Crippen molar-refractivity contribution in [3.8, 4) is 5.75 Å². The van der Waals surface area contributed by atoms with Crippen LogP contribution in [-0.4, -0.2) is 10.2 Å². The summed E-state index contributed by atoms with van der Waals surface area (Å²) in [4.78, 5) is 0. The molecule has 0 aromatic heterocycles. The second-order valence-corrected chi connectivity index (χ2v) is 10.0. The van der Waals surface area contributed by atoms with E-state index in [9.17, 15) is 5.11 Å². The standard InChI is InChI=1S/C14H16O.C11H16O.C10H14/c1-3-10(2)11-4-5-13-9-14(15)7-6-12(13)8-11;1-3-9(2)11-6-4-10(8-12)5-7-11;1-3-9(2)10-7-5-4-6-8-10/h4-10,15H,3H2,1-2H3;4-7,9,12H,3,8H2,1-2H3;4-9H,3H2,1-2H3. The van der Waals surface area contributed by atoms with Crippen LogP contribution in [0, 0.1) is 0 Å². The maximum atomic E-state index is 9.35. The molecule has 0 aliphatic carbocycles. The van der Waals surface area contributed by atoms with E-state index < -0.39 is 0 Å². The largest absolute Gasteiger partial charge is 0.508 e. The van der Waals surface area contributed by atoms with Gasteiger partial charge >= 0.3 is 0 Å². The summed E-state index contributed by atoms with van der Waals surface area (Å²) in [6.45, 7) is 13.5. The van der Waals surface area contributed by atoms with Gasteiger partial charge in [0.25, 0.3) is 0 Å². The minimum absolute atomic E-state index is 0.140. The zero-order chi connectivity index (χ0) is 27.2. The molecule has 37 heavy (non-hydrogen) atoms. The summed E-state index contributed by atoms with van der Waals surface area (Å²) in [5.74, 6) is 2.26. The molecule has 0 aliphatic heterocycles. The van der Waals surface area contributed by atoms with E-state index in [-0.39, 0.29) is 6.61 Å². The van der Waals surface area contributed by atoms with Crippen LogP contribution in [0.15, 0.2) is 91.0 Å². The lowest BCUT2D eigenvalue weighted by Crippen LogP contribution is -1.91. The molecule has 0 aliphatic rings. The first-order chi connectivity index (χ1) is 17.8. The lowest BCUT2D eigenvalue weighted by Gasteiger charge is -2.09. The van der Waals surface area contributed by atoms with Crippen molar-refractivity contribution in [2.75, 3.05) is 0 Å². The number of aliphatic hydroxyl groups is 1. The highest BCUT2D eigenvalue weighted by Crippen LogP contribution is 2.26. The van der Waals surface area contributed by atoms with Crippen LogP contribution in [0.1, 0.15) is 101 Å². The first-order valence-corrected chi connectivity index (χ1v) is 13.8. The summed E-state index contributed by atoms with van der Waals surface area (Å²) in [7, 11) is 0. The third-order valence-corrected chi connectivity index (χ3v) is 7.35. The third kappa shape index (κ3) is 9.70. The van der Waals surface area contributed by atoms with E-state index in [4.69, 9.17) is 5.11 Å². The topological polar surface area (TPSA) is 40.5 Å². The lowest BCUT2D eigenvalue weighted by molar-refractivity contribution is 0.282. The minimum atomic E-state index is 0.140. The van der Waals surface area contributed by atoms with Crippen molar-refractivity contribution < 1.29 is 10.2 Å². The van der Waals surface area contributed by atoms with E-state index in [1.54, 1.807) is 12.1 Å². The number of hydrogen-bond donors (Lipinski definition) is 2. The van der Waals surface area contributed by atoms with Crippen LogP contribution in [0.4, 0.5) is 0 Å². The predicted octanol–water partition coefficient (Wildman–Crippen LogP) is 9.95. The minimum Gasteiger partial charge on any atom is -0.508 e. The van der Waals surface area contributed by atoms with Crippen LogP contribution >= 0.6 is 0 Å². The van der Waals surface area contributed by atoms with Crippen molar-refractivity contribution in [2.24, 2.45) is 0 Å². The van der Waals surface area contributed by atoms with Gasteiger partial charge in [0.05, 0.1) is 6.61 Å². The van der Waals surface area contributed by atoms with Crippen LogP contribution in [0.5, 0.6) is 5.75 Å². The summed E-state index contributed by atoms with van der Waals surface area (Å²) in [6.07, 6.45) is 3.55. The quantitative estimate of drug-likeness (QED) is 0.266. The molecule has 198 valence electrons. The van der Waals surface area contributed by atoms with E-state index in [0.717, 1.165) is 17.4 Å². The van der Waals surface area contributed by atoms with E-state index in [1.165, 1.54) is 34.9 Å². The normalized spacial score (nSPS) is 12.9. The Bertz CT molecular complexity index is 1160. The van der Waals surface area contributed by atoms with Crippen LogP contribution in [-0.2, 0) is 6.61 Å². The maximum absolute atomic E-state index is 9.35. The SMILES string of the molecule is CCC(C)c1ccc(CO)cc1.CCC(C)c1ccc2cc(O)ccc2c1.CCC(C)c1ccccc1. The molecular weight excluding hydrogens is 452 g/mol. The number of aliphatic hydroxyl groups excluding tert-OH is 1. The number of fused-ring (bicyclic) bond motifs is 1. The van der Waals surface area contributed by atoms with Crippen molar-refractivity contribution in [2.45, 2.75) is 85.2 Å². The Labute approximate surface area is 225 Å². The van der Waals surface area contributed by atoms with Gasteiger partial charge in [-0.05, 0) is 82.2 Å². The zero-order valence-corrected chi connectivity index (χ0v) is 23.6. The van der Waals surface area contributed by atoms with E-state index in [2.05, 4.69) is 102 Å². The molecule has 0 fully saturated rings. The third-order valence-electron chi connectivity index (χ3n) is 7.35. The van der Waals surface area contributed by atoms with Gasteiger partial charge in [0.1, 0.15) is 5.75 Å². The molecule has 0 saturated heterocycles. The lowest BCUT2D eigenvalue weighted by atomic mass is 9.96. The van der Waals surface area contributed by atoms with Gasteiger partial charge in [0, 0.05) is 0 Å². The molecule has 2 N–H and O–H groups in total. The van der Waals surface area contributed by atoms with Crippen molar-refractivity contribution in [3.05, 3.63) is 113 Å². The molecule has 0 spiro atoms. The Morgan fingerprint density at radius 2 is 1.00 bits per heavy atom. The van der Waals surface area contributed by atoms with Crippen molar-refractivity contribution in [3.63, 3.8) is 0 Å². The molecular formula is C35H46O2. The second-order valence-electron chi connectivity index (χ2n) is 10.0. The summed E-state index contributed by atoms with van der Waals surface area (Å²) in [5, 5.41) is 20.5. The second kappa shape index (κ2) is 15.9. The highest BCUT2D eigenvalue weighted by Gasteiger charge is 2.04. The monoisotopic (exact) mass is 498 g/mol. The van der Waals surface area contributed by atoms with E-state index in [1.807, 2.05) is 18.2 Å². The number of benzene rings is 4. The van der Waals surface area contributed by atoms with Gasteiger partial charge in [-0.1, -0.05) is 120 Å². The van der Waals surface area contributed by atoms with Crippen molar-refractivity contribution >= 4 is 10.8 Å². The molecule has 4 rings (SSSR count). The first kappa shape index (κ1) is 30.1. The highest BCUT2D eigenvalue weighted by atomic mass is 16.3. The molecule has 3 unspecified atom stereocenters. The fraction of sp³-hybridized carbons (Fsp3) is 0.371. The molecule has 4 aromatic rings.